The van der Waals surface area contributed by atoms with Crippen molar-refractivity contribution in [2.45, 2.75) is 25.5 Å². The number of carbonyl (C=O) groups is 1. The second-order valence-corrected chi connectivity index (χ2v) is 4.55. The molecule has 0 saturated carbocycles. The highest BCUT2D eigenvalue weighted by Gasteiger charge is 2.28. The van der Waals surface area contributed by atoms with Crippen LogP contribution in [-0.2, 0) is 4.79 Å². The number of halogens is 1. The molecule has 1 amide bonds. The standard InChI is InChI=1S/C13H17FN2O2/c1-9(13(17)16-6-5-11(15)8-16)18-12-4-2-3-10(14)7-12/h2-4,7,9,11H,5-6,8,15H2,1H3/t9?,11-/m1/s1. The maximum absolute atomic E-state index is 13.0. The first-order valence-electron chi connectivity index (χ1n) is 6.03. The van der Waals surface area contributed by atoms with Gasteiger partial charge in [-0.25, -0.2) is 4.39 Å². The van der Waals surface area contributed by atoms with Gasteiger partial charge in [-0.1, -0.05) is 6.07 Å². The molecule has 1 unspecified atom stereocenters. The van der Waals surface area contributed by atoms with Gasteiger partial charge in [0.25, 0.3) is 5.91 Å². The minimum atomic E-state index is -0.628. The van der Waals surface area contributed by atoms with Gasteiger partial charge in [-0.05, 0) is 25.5 Å². The minimum absolute atomic E-state index is 0.0512. The maximum atomic E-state index is 13.0. The summed E-state index contributed by atoms with van der Waals surface area (Å²) in [5.41, 5.74) is 5.75. The topological polar surface area (TPSA) is 55.6 Å². The fourth-order valence-electron chi connectivity index (χ4n) is 2.04. The molecule has 98 valence electrons. The fourth-order valence-corrected chi connectivity index (χ4v) is 2.04. The number of nitrogens with zero attached hydrogens (tertiary/aromatic N) is 1. The van der Waals surface area contributed by atoms with Crippen LogP contribution >= 0.6 is 0 Å². The van der Waals surface area contributed by atoms with Crippen LogP contribution in [0.5, 0.6) is 5.75 Å². The van der Waals surface area contributed by atoms with Crippen LogP contribution < -0.4 is 10.5 Å². The summed E-state index contributed by atoms with van der Waals surface area (Å²) in [5, 5.41) is 0. The molecule has 1 fully saturated rings. The van der Waals surface area contributed by atoms with Gasteiger partial charge in [-0.15, -0.1) is 0 Å². The predicted molar refractivity (Wildman–Crippen MR) is 65.7 cm³/mol. The fraction of sp³-hybridized carbons (Fsp3) is 0.462. The Hall–Kier alpha value is -1.62. The number of rotatable bonds is 3. The van der Waals surface area contributed by atoms with E-state index in [1.807, 2.05) is 0 Å². The number of carbonyl (C=O) groups excluding carboxylic acids is 1. The molecule has 5 heteroatoms. The summed E-state index contributed by atoms with van der Waals surface area (Å²) in [7, 11) is 0. The maximum Gasteiger partial charge on any atom is 0.263 e. The highest BCUT2D eigenvalue weighted by Crippen LogP contribution is 2.16. The molecule has 0 spiro atoms. The van der Waals surface area contributed by atoms with Gasteiger partial charge < -0.3 is 15.4 Å². The van der Waals surface area contributed by atoms with Gasteiger partial charge in [-0.3, -0.25) is 4.79 Å². The molecule has 1 aromatic rings. The van der Waals surface area contributed by atoms with Crippen molar-refractivity contribution in [2.24, 2.45) is 5.73 Å². The van der Waals surface area contributed by atoms with Crippen molar-refractivity contribution in [3.8, 4) is 5.75 Å². The summed E-state index contributed by atoms with van der Waals surface area (Å²) >= 11 is 0. The molecule has 18 heavy (non-hydrogen) atoms. The number of likely N-dealkylation sites (tertiary alicyclic amines) is 1. The lowest BCUT2D eigenvalue weighted by Crippen LogP contribution is -2.40. The van der Waals surface area contributed by atoms with E-state index >= 15 is 0 Å². The summed E-state index contributed by atoms with van der Waals surface area (Å²) in [5.74, 6) is -0.123. The van der Waals surface area contributed by atoms with Crippen LogP contribution in [0, 0.1) is 5.82 Å². The van der Waals surface area contributed by atoms with Crippen LogP contribution in [0.2, 0.25) is 0 Å². The van der Waals surface area contributed by atoms with Crippen LogP contribution in [0.3, 0.4) is 0 Å². The van der Waals surface area contributed by atoms with E-state index in [0.29, 0.717) is 18.8 Å². The van der Waals surface area contributed by atoms with Gasteiger partial charge in [0.05, 0.1) is 0 Å². The second-order valence-electron chi connectivity index (χ2n) is 4.55. The van der Waals surface area contributed by atoms with E-state index in [9.17, 15) is 9.18 Å². The van der Waals surface area contributed by atoms with Crippen molar-refractivity contribution < 1.29 is 13.9 Å². The van der Waals surface area contributed by atoms with Crippen molar-refractivity contribution in [1.29, 1.82) is 0 Å². The van der Waals surface area contributed by atoms with Gasteiger partial charge in [0.2, 0.25) is 0 Å². The van der Waals surface area contributed by atoms with Gasteiger partial charge in [-0.2, -0.15) is 0 Å². The summed E-state index contributed by atoms with van der Waals surface area (Å²) < 4.78 is 18.4. The Morgan fingerprint density at radius 2 is 2.39 bits per heavy atom. The Morgan fingerprint density at radius 1 is 1.61 bits per heavy atom. The zero-order chi connectivity index (χ0) is 13.1. The Bertz CT molecular complexity index is 439. The smallest absolute Gasteiger partial charge is 0.263 e. The molecule has 2 rings (SSSR count). The van der Waals surface area contributed by atoms with Gasteiger partial charge in [0, 0.05) is 25.2 Å². The quantitative estimate of drug-likeness (QED) is 0.878. The van der Waals surface area contributed by atoms with Gasteiger partial charge in [0.1, 0.15) is 11.6 Å². The van der Waals surface area contributed by atoms with E-state index in [-0.39, 0.29) is 17.8 Å². The largest absolute Gasteiger partial charge is 0.481 e. The number of benzene rings is 1. The third-order valence-corrected chi connectivity index (χ3v) is 2.99. The Morgan fingerprint density at radius 3 is 3.00 bits per heavy atom. The molecule has 1 aliphatic heterocycles. The molecule has 2 atom stereocenters. The Balaban J connectivity index is 1.95. The van der Waals surface area contributed by atoms with Gasteiger partial charge in [0.15, 0.2) is 6.10 Å². The molecule has 1 heterocycles. The average molecular weight is 252 g/mol. The van der Waals surface area contributed by atoms with Crippen molar-refractivity contribution in [3.63, 3.8) is 0 Å². The lowest BCUT2D eigenvalue weighted by Gasteiger charge is -2.21. The highest BCUT2D eigenvalue weighted by molar-refractivity contribution is 5.81. The zero-order valence-corrected chi connectivity index (χ0v) is 10.3. The van der Waals surface area contributed by atoms with E-state index in [1.165, 1.54) is 12.1 Å². The molecular weight excluding hydrogens is 235 g/mol. The van der Waals surface area contributed by atoms with Crippen molar-refractivity contribution in [2.75, 3.05) is 13.1 Å². The molecule has 0 radical (unpaired) electrons. The van der Waals surface area contributed by atoms with E-state index < -0.39 is 6.10 Å². The molecule has 1 aromatic carbocycles. The number of hydrogen-bond donors (Lipinski definition) is 1. The van der Waals surface area contributed by atoms with Gasteiger partial charge >= 0.3 is 0 Å². The Labute approximate surface area is 106 Å². The molecule has 4 nitrogen and oxygen atoms in total. The van der Waals surface area contributed by atoms with Crippen LogP contribution in [-0.4, -0.2) is 36.0 Å². The van der Waals surface area contributed by atoms with E-state index in [4.69, 9.17) is 10.5 Å². The molecule has 0 aliphatic carbocycles. The molecule has 2 N–H and O–H groups in total. The predicted octanol–water partition coefficient (Wildman–Crippen LogP) is 1.15. The summed E-state index contributed by atoms with van der Waals surface area (Å²) in [6.45, 7) is 2.89. The van der Waals surface area contributed by atoms with E-state index in [0.717, 1.165) is 6.42 Å². The molecule has 1 saturated heterocycles. The summed E-state index contributed by atoms with van der Waals surface area (Å²) in [4.78, 5) is 13.7. The Kier molecular flexibility index (Phi) is 3.81. The lowest BCUT2D eigenvalue weighted by atomic mass is 10.3. The minimum Gasteiger partial charge on any atom is -0.481 e. The summed E-state index contributed by atoms with van der Waals surface area (Å²) in [6, 6.07) is 5.82. The number of amides is 1. The highest BCUT2D eigenvalue weighted by atomic mass is 19.1. The van der Waals surface area contributed by atoms with Crippen LogP contribution in [0.15, 0.2) is 24.3 Å². The van der Waals surface area contributed by atoms with E-state index in [2.05, 4.69) is 0 Å². The number of nitrogens with two attached hydrogens (primary N) is 1. The van der Waals surface area contributed by atoms with Crippen molar-refractivity contribution >= 4 is 5.91 Å². The third-order valence-electron chi connectivity index (χ3n) is 2.99. The third kappa shape index (κ3) is 2.98. The first kappa shape index (κ1) is 12.8. The second kappa shape index (κ2) is 5.35. The number of ether oxygens (including phenoxy) is 1. The lowest BCUT2D eigenvalue weighted by molar-refractivity contribution is -0.136. The van der Waals surface area contributed by atoms with Crippen molar-refractivity contribution in [1.82, 2.24) is 4.90 Å². The normalized spacial score (nSPS) is 20.8. The number of hydrogen-bond acceptors (Lipinski definition) is 3. The molecule has 1 aliphatic rings. The van der Waals surface area contributed by atoms with Crippen LogP contribution in [0.1, 0.15) is 13.3 Å². The molecule has 0 bridgehead atoms. The molecular formula is C13H17FN2O2. The SMILES string of the molecule is CC(Oc1cccc(F)c1)C(=O)N1CC[C@@H](N)C1. The summed E-state index contributed by atoms with van der Waals surface area (Å²) in [6.07, 6.45) is 0.190. The van der Waals surface area contributed by atoms with Crippen LogP contribution in [0.25, 0.3) is 0 Å². The first-order chi connectivity index (χ1) is 8.56. The first-order valence-corrected chi connectivity index (χ1v) is 6.03. The monoisotopic (exact) mass is 252 g/mol. The van der Waals surface area contributed by atoms with Crippen molar-refractivity contribution in [3.05, 3.63) is 30.1 Å². The van der Waals surface area contributed by atoms with E-state index in [1.54, 1.807) is 24.0 Å². The zero-order valence-electron chi connectivity index (χ0n) is 10.3. The average Bonchev–Trinajstić information content (AvgIpc) is 2.75. The molecule has 0 aromatic heterocycles. The van der Waals surface area contributed by atoms with Crippen LogP contribution in [0.4, 0.5) is 4.39 Å².